The van der Waals surface area contributed by atoms with Gasteiger partial charge < -0.3 is 10.6 Å². The molecule has 1 amide bonds. The molecule has 1 aromatic carbocycles. The lowest BCUT2D eigenvalue weighted by atomic mass is 9.67. The third kappa shape index (κ3) is 3.60. The highest BCUT2D eigenvalue weighted by Gasteiger charge is 2.35. The topological polar surface area (TPSA) is 41.1 Å². The van der Waals surface area contributed by atoms with Gasteiger partial charge in [0.2, 0.25) is 5.91 Å². The van der Waals surface area contributed by atoms with Gasteiger partial charge in [-0.15, -0.1) is 0 Å². The number of hydrogen-bond donors (Lipinski definition) is 2. The van der Waals surface area contributed by atoms with Gasteiger partial charge >= 0.3 is 0 Å². The first kappa shape index (κ1) is 15.0. The molecule has 0 saturated heterocycles. The Hall–Kier alpha value is -1.35. The minimum absolute atomic E-state index is 0.0847. The molecule has 0 bridgehead atoms. The highest BCUT2D eigenvalue weighted by atomic mass is 16.1. The van der Waals surface area contributed by atoms with Crippen LogP contribution in [0.1, 0.15) is 38.2 Å². The second kappa shape index (κ2) is 6.89. The van der Waals surface area contributed by atoms with E-state index in [1.807, 2.05) is 0 Å². The number of carbonyl (C=O) groups excluding carboxylic acids is 1. The number of nitrogens with one attached hydrogen (secondary N) is 2. The van der Waals surface area contributed by atoms with Gasteiger partial charge in [0.1, 0.15) is 0 Å². The third-order valence-corrected chi connectivity index (χ3v) is 4.58. The van der Waals surface area contributed by atoms with Crippen molar-refractivity contribution in [1.82, 2.24) is 10.6 Å². The smallest absolute Gasteiger partial charge is 0.233 e. The molecule has 0 heterocycles. The van der Waals surface area contributed by atoms with Gasteiger partial charge in [-0.25, -0.2) is 0 Å². The molecule has 20 heavy (non-hydrogen) atoms. The molecule has 0 radical (unpaired) electrons. The SMILES string of the molecule is CNCC(=O)NCC1(c2ccccc2)CCC(C)CC1. The Balaban J connectivity index is 2.11. The highest BCUT2D eigenvalue weighted by Crippen LogP contribution is 2.41. The van der Waals surface area contributed by atoms with Gasteiger partial charge in [-0.05, 0) is 44.2 Å². The number of hydrogen-bond acceptors (Lipinski definition) is 2. The molecule has 1 fully saturated rings. The lowest BCUT2D eigenvalue weighted by Crippen LogP contribution is -2.45. The molecule has 1 aliphatic rings. The van der Waals surface area contributed by atoms with E-state index in [0.29, 0.717) is 6.54 Å². The molecule has 2 N–H and O–H groups in total. The van der Waals surface area contributed by atoms with Crippen molar-refractivity contribution in [3.63, 3.8) is 0 Å². The Bertz CT molecular complexity index is 422. The Labute approximate surface area is 122 Å². The summed E-state index contributed by atoms with van der Waals surface area (Å²) in [5.74, 6) is 0.890. The van der Waals surface area contributed by atoms with Gasteiger partial charge in [0.15, 0.2) is 0 Å². The molecule has 3 heteroatoms. The van der Waals surface area contributed by atoms with Gasteiger partial charge in [0.05, 0.1) is 6.54 Å². The van der Waals surface area contributed by atoms with Crippen LogP contribution in [0.15, 0.2) is 30.3 Å². The first-order valence-corrected chi connectivity index (χ1v) is 7.63. The summed E-state index contributed by atoms with van der Waals surface area (Å²) in [5.41, 5.74) is 1.49. The first-order chi connectivity index (χ1) is 9.66. The van der Waals surface area contributed by atoms with E-state index in [1.165, 1.54) is 18.4 Å². The summed E-state index contributed by atoms with van der Waals surface area (Å²) in [6, 6.07) is 10.7. The predicted molar refractivity (Wildman–Crippen MR) is 82.7 cm³/mol. The molecule has 110 valence electrons. The average molecular weight is 274 g/mol. The van der Waals surface area contributed by atoms with Crippen LogP contribution >= 0.6 is 0 Å². The monoisotopic (exact) mass is 274 g/mol. The van der Waals surface area contributed by atoms with Crippen LogP contribution in [0.3, 0.4) is 0 Å². The maximum Gasteiger partial charge on any atom is 0.233 e. The Morgan fingerprint density at radius 1 is 1.25 bits per heavy atom. The first-order valence-electron chi connectivity index (χ1n) is 7.63. The van der Waals surface area contributed by atoms with Crippen LogP contribution in [-0.4, -0.2) is 26.0 Å². The zero-order valence-electron chi connectivity index (χ0n) is 12.6. The fraction of sp³-hybridized carbons (Fsp3) is 0.588. The van der Waals surface area contributed by atoms with E-state index in [-0.39, 0.29) is 11.3 Å². The van der Waals surface area contributed by atoms with Crippen molar-refractivity contribution < 1.29 is 4.79 Å². The van der Waals surface area contributed by atoms with Crippen LogP contribution in [0, 0.1) is 5.92 Å². The highest BCUT2D eigenvalue weighted by molar-refractivity contribution is 5.78. The van der Waals surface area contributed by atoms with E-state index in [9.17, 15) is 4.79 Å². The lowest BCUT2D eigenvalue weighted by molar-refractivity contribution is -0.120. The van der Waals surface area contributed by atoms with E-state index in [0.717, 1.165) is 25.3 Å². The van der Waals surface area contributed by atoms with Gasteiger partial charge in [0.25, 0.3) is 0 Å². The zero-order valence-corrected chi connectivity index (χ0v) is 12.6. The summed E-state index contributed by atoms with van der Waals surface area (Å²) in [4.78, 5) is 11.7. The number of amides is 1. The Morgan fingerprint density at radius 2 is 1.90 bits per heavy atom. The molecule has 0 aliphatic heterocycles. The van der Waals surface area contributed by atoms with Gasteiger partial charge in [-0.1, -0.05) is 37.3 Å². The number of likely N-dealkylation sites (N-methyl/N-ethyl adjacent to an activating group) is 1. The zero-order chi connectivity index (χ0) is 14.4. The maximum absolute atomic E-state index is 11.7. The van der Waals surface area contributed by atoms with Crippen LogP contribution in [0.2, 0.25) is 0 Å². The van der Waals surface area contributed by atoms with Crippen molar-refractivity contribution in [2.45, 2.75) is 38.0 Å². The van der Waals surface area contributed by atoms with Crippen molar-refractivity contribution in [2.24, 2.45) is 5.92 Å². The summed E-state index contributed by atoms with van der Waals surface area (Å²) in [6.45, 7) is 3.47. The molecule has 1 aromatic rings. The van der Waals surface area contributed by atoms with Gasteiger partial charge in [-0.2, -0.15) is 0 Å². The minimum atomic E-state index is 0.0847. The van der Waals surface area contributed by atoms with E-state index < -0.39 is 0 Å². The quantitative estimate of drug-likeness (QED) is 0.866. The largest absolute Gasteiger partial charge is 0.354 e. The Morgan fingerprint density at radius 3 is 2.50 bits per heavy atom. The van der Waals surface area contributed by atoms with Crippen LogP contribution in [0.25, 0.3) is 0 Å². The van der Waals surface area contributed by atoms with Gasteiger partial charge in [0, 0.05) is 12.0 Å². The van der Waals surface area contributed by atoms with E-state index in [2.05, 4.69) is 47.9 Å². The molecule has 2 rings (SSSR count). The second-order valence-corrected chi connectivity index (χ2v) is 6.14. The molecule has 0 aromatic heterocycles. The fourth-order valence-electron chi connectivity index (χ4n) is 3.16. The van der Waals surface area contributed by atoms with E-state index in [4.69, 9.17) is 0 Å². The number of carbonyl (C=O) groups is 1. The fourth-order valence-corrected chi connectivity index (χ4v) is 3.16. The number of rotatable bonds is 5. The molecule has 1 aliphatic carbocycles. The molecule has 0 spiro atoms. The third-order valence-electron chi connectivity index (χ3n) is 4.58. The molecule has 3 nitrogen and oxygen atoms in total. The Kier molecular flexibility index (Phi) is 5.18. The van der Waals surface area contributed by atoms with Crippen LogP contribution in [0.5, 0.6) is 0 Å². The van der Waals surface area contributed by atoms with E-state index >= 15 is 0 Å². The standard InChI is InChI=1S/C17H26N2O/c1-14-8-10-17(11-9-14,13-19-16(20)12-18-2)15-6-4-3-5-7-15/h3-7,14,18H,8-13H2,1-2H3,(H,19,20). The van der Waals surface area contributed by atoms with Crippen LogP contribution < -0.4 is 10.6 Å². The summed E-state index contributed by atoms with van der Waals surface area (Å²) in [7, 11) is 1.80. The lowest BCUT2D eigenvalue weighted by Gasteiger charge is -2.40. The van der Waals surface area contributed by atoms with Crippen molar-refractivity contribution in [1.29, 1.82) is 0 Å². The molecule has 0 unspecified atom stereocenters. The average Bonchev–Trinajstić information content (AvgIpc) is 2.48. The molecule has 0 atom stereocenters. The van der Waals surface area contributed by atoms with E-state index in [1.54, 1.807) is 7.05 Å². The predicted octanol–water partition coefficient (Wildman–Crippen LogP) is 2.47. The summed E-state index contributed by atoms with van der Waals surface area (Å²) >= 11 is 0. The summed E-state index contributed by atoms with van der Waals surface area (Å²) in [5, 5.41) is 6.01. The minimum Gasteiger partial charge on any atom is -0.354 e. The normalized spacial score (nSPS) is 26.2. The van der Waals surface area contributed by atoms with Crippen molar-refractivity contribution in [2.75, 3.05) is 20.1 Å². The van der Waals surface area contributed by atoms with Crippen LogP contribution in [0.4, 0.5) is 0 Å². The van der Waals surface area contributed by atoms with Crippen molar-refractivity contribution in [3.05, 3.63) is 35.9 Å². The van der Waals surface area contributed by atoms with Crippen molar-refractivity contribution in [3.8, 4) is 0 Å². The molecular formula is C17H26N2O. The van der Waals surface area contributed by atoms with Crippen LogP contribution in [-0.2, 0) is 10.2 Å². The van der Waals surface area contributed by atoms with Crippen molar-refractivity contribution >= 4 is 5.91 Å². The summed E-state index contributed by atoms with van der Waals surface area (Å²) in [6.07, 6.45) is 4.82. The van der Waals surface area contributed by atoms with Gasteiger partial charge in [-0.3, -0.25) is 4.79 Å². The molecular weight excluding hydrogens is 248 g/mol. The molecule has 1 saturated carbocycles. The summed E-state index contributed by atoms with van der Waals surface area (Å²) < 4.78 is 0. The maximum atomic E-state index is 11.7. The number of benzene rings is 1. The second-order valence-electron chi connectivity index (χ2n) is 6.14.